The predicted octanol–water partition coefficient (Wildman–Crippen LogP) is -0.0642. The van der Waals surface area contributed by atoms with Gasteiger partial charge in [-0.25, -0.2) is 0 Å². The Hall–Kier alpha value is -3.19. The summed E-state index contributed by atoms with van der Waals surface area (Å²) >= 11 is 0. The van der Waals surface area contributed by atoms with Gasteiger partial charge in [-0.2, -0.15) is 0 Å². The van der Waals surface area contributed by atoms with E-state index in [2.05, 4.69) is 0 Å². The van der Waals surface area contributed by atoms with Gasteiger partial charge < -0.3 is 49.6 Å². The molecule has 0 saturated carbocycles. The maximum Gasteiger partial charge on any atom is 0.204 e. The van der Waals surface area contributed by atoms with Crippen molar-refractivity contribution in [1.29, 1.82) is 0 Å². The molecular weight excluding hydrogens is 452 g/mol. The second-order valence-electron chi connectivity index (χ2n) is 7.94. The van der Waals surface area contributed by atoms with Crippen LogP contribution in [0.15, 0.2) is 45.8 Å². The lowest BCUT2D eigenvalue weighted by Crippen LogP contribution is -2.59. The molecular formula is C23H24O11. The highest BCUT2D eigenvalue weighted by Crippen LogP contribution is 2.36. The summed E-state index contributed by atoms with van der Waals surface area (Å²) in [4.78, 5) is 13.1. The quantitative estimate of drug-likeness (QED) is 0.252. The zero-order valence-electron chi connectivity index (χ0n) is 17.7. The Morgan fingerprint density at radius 1 is 0.971 bits per heavy atom. The molecule has 0 unspecified atom stereocenters. The number of benzene rings is 2. The molecule has 4 rings (SSSR count). The van der Waals surface area contributed by atoms with E-state index in [1.807, 2.05) is 0 Å². The molecule has 0 radical (unpaired) electrons. The maximum absolute atomic E-state index is 13.1. The number of aliphatic hydroxyl groups is 4. The molecule has 1 aliphatic rings. The van der Waals surface area contributed by atoms with Crippen molar-refractivity contribution >= 4 is 11.0 Å². The van der Waals surface area contributed by atoms with Crippen LogP contribution < -0.4 is 5.43 Å². The van der Waals surface area contributed by atoms with E-state index in [9.17, 15) is 40.5 Å². The molecule has 34 heavy (non-hydrogen) atoms. The lowest BCUT2D eigenvalue weighted by molar-refractivity contribution is -0.300. The minimum Gasteiger partial charge on any atom is -0.508 e. The molecule has 0 amide bonds. The number of phenols is 3. The van der Waals surface area contributed by atoms with Crippen LogP contribution in [0.1, 0.15) is 5.56 Å². The summed E-state index contributed by atoms with van der Waals surface area (Å²) in [6.45, 7) is -0.839. The Morgan fingerprint density at radius 2 is 1.68 bits per heavy atom. The zero-order valence-corrected chi connectivity index (χ0v) is 17.7. The minimum absolute atomic E-state index is 0.0170. The van der Waals surface area contributed by atoms with Gasteiger partial charge in [0.15, 0.2) is 6.29 Å². The molecule has 11 heteroatoms. The van der Waals surface area contributed by atoms with Gasteiger partial charge in [0.1, 0.15) is 58.9 Å². The number of rotatable bonds is 6. The SMILES string of the molecule is O=c1c(-c2ccc(O)cc2)coc2cc(O)c(CCO[C@@H]3O[C@H](CO)[C@@H](O)[C@H](O)[C@H]3O)c(O)c12. The Labute approximate surface area is 192 Å². The second-order valence-corrected chi connectivity index (χ2v) is 7.94. The fourth-order valence-electron chi connectivity index (χ4n) is 3.86. The molecule has 0 bridgehead atoms. The second kappa shape index (κ2) is 9.58. The lowest BCUT2D eigenvalue weighted by Gasteiger charge is -2.39. The van der Waals surface area contributed by atoms with Crippen LogP contribution in [-0.2, 0) is 15.9 Å². The lowest BCUT2D eigenvalue weighted by atomic mass is 9.99. The molecule has 7 N–H and O–H groups in total. The van der Waals surface area contributed by atoms with Gasteiger partial charge in [-0.3, -0.25) is 4.79 Å². The highest BCUT2D eigenvalue weighted by atomic mass is 16.7. The fourth-order valence-corrected chi connectivity index (χ4v) is 3.86. The number of ether oxygens (including phenoxy) is 2. The Morgan fingerprint density at radius 3 is 2.35 bits per heavy atom. The van der Waals surface area contributed by atoms with Gasteiger partial charge >= 0.3 is 0 Å². The third kappa shape index (κ3) is 4.32. The van der Waals surface area contributed by atoms with Gasteiger partial charge in [0.2, 0.25) is 5.43 Å². The van der Waals surface area contributed by atoms with E-state index >= 15 is 0 Å². The summed E-state index contributed by atoms with van der Waals surface area (Å²) in [6.07, 6.45) is -6.20. The van der Waals surface area contributed by atoms with Crippen molar-refractivity contribution in [1.82, 2.24) is 0 Å². The number of aromatic hydroxyl groups is 3. The van der Waals surface area contributed by atoms with Crippen molar-refractivity contribution in [3.05, 3.63) is 52.4 Å². The van der Waals surface area contributed by atoms with E-state index in [0.717, 1.165) is 0 Å². The molecule has 1 fully saturated rings. The van der Waals surface area contributed by atoms with Crippen LogP contribution in [0.2, 0.25) is 0 Å². The summed E-state index contributed by atoms with van der Waals surface area (Å²) in [5.41, 5.74) is -0.0284. The van der Waals surface area contributed by atoms with Crippen LogP contribution in [-0.4, -0.2) is 79.7 Å². The van der Waals surface area contributed by atoms with E-state index in [1.54, 1.807) is 0 Å². The van der Waals surface area contributed by atoms with Crippen LogP contribution >= 0.6 is 0 Å². The molecule has 2 aromatic carbocycles. The molecule has 1 aliphatic heterocycles. The van der Waals surface area contributed by atoms with Crippen LogP contribution in [0.3, 0.4) is 0 Å². The van der Waals surface area contributed by atoms with Crippen molar-refractivity contribution in [3.8, 4) is 28.4 Å². The number of fused-ring (bicyclic) bond motifs is 1. The van der Waals surface area contributed by atoms with Crippen molar-refractivity contribution in [2.45, 2.75) is 37.1 Å². The van der Waals surface area contributed by atoms with E-state index in [1.165, 1.54) is 36.6 Å². The van der Waals surface area contributed by atoms with Crippen LogP contribution in [0.4, 0.5) is 0 Å². The maximum atomic E-state index is 13.1. The molecule has 0 aliphatic carbocycles. The zero-order chi connectivity index (χ0) is 24.6. The number of phenolic OH excluding ortho intramolecular Hbond substituents is 3. The van der Waals surface area contributed by atoms with Crippen molar-refractivity contribution < 1.29 is 49.6 Å². The van der Waals surface area contributed by atoms with E-state index in [-0.39, 0.29) is 46.6 Å². The first-order valence-electron chi connectivity index (χ1n) is 10.4. The smallest absolute Gasteiger partial charge is 0.204 e. The van der Waals surface area contributed by atoms with E-state index in [4.69, 9.17) is 13.9 Å². The largest absolute Gasteiger partial charge is 0.508 e. The third-order valence-electron chi connectivity index (χ3n) is 5.78. The average Bonchev–Trinajstić information content (AvgIpc) is 2.81. The molecule has 3 aromatic rings. The Balaban J connectivity index is 1.59. The highest BCUT2D eigenvalue weighted by molar-refractivity contribution is 5.89. The topological polar surface area (TPSA) is 190 Å². The summed E-state index contributed by atoms with van der Waals surface area (Å²) in [5.74, 6) is -0.854. The average molecular weight is 476 g/mol. The van der Waals surface area contributed by atoms with E-state index < -0.39 is 48.5 Å². The number of hydrogen-bond acceptors (Lipinski definition) is 11. The summed E-state index contributed by atoms with van der Waals surface area (Å²) in [7, 11) is 0. The van der Waals surface area contributed by atoms with Gasteiger partial charge in [-0.1, -0.05) is 12.1 Å². The molecule has 2 heterocycles. The van der Waals surface area contributed by atoms with Crippen LogP contribution in [0, 0.1) is 0 Å². The number of aliphatic hydroxyl groups excluding tert-OH is 4. The normalized spacial score (nSPS) is 25.0. The van der Waals surface area contributed by atoms with Crippen molar-refractivity contribution in [2.75, 3.05) is 13.2 Å². The van der Waals surface area contributed by atoms with Crippen molar-refractivity contribution in [3.63, 3.8) is 0 Å². The van der Waals surface area contributed by atoms with Crippen LogP contribution in [0.25, 0.3) is 22.1 Å². The Bertz CT molecular complexity index is 1220. The summed E-state index contributed by atoms with van der Waals surface area (Å²) in [6, 6.07) is 7.01. The van der Waals surface area contributed by atoms with Gasteiger partial charge in [0, 0.05) is 18.1 Å². The molecule has 1 saturated heterocycles. The van der Waals surface area contributed by atoms with Gasteiger partial charge in [-0.15, -0.1) is 0 Å². The predicted molar refractivity (Wildman–Crippen MR) is 116 cm³/mol. The standard InChI is InChI=1S/C23H24O11/c24-8-16-20(29)21(30)22(31)23(34-16)32-6-5-12-14(26)7-15-17(18(12)27)19(28)13(9-33-15)10-1-3-11(25)4-2-10/h1-4,7,9,16,20-27,29-31H,5-6,8H2/t16-,20-,21+,22-,23-/m1/s1. The number of hydrogen-bond donors (Lipinski definition) is 7. The first kappa shape index (κ1) is 24.0. The molecule has 0 spiro atoms. The molecule has 1 aromatic heterocycles. The molecule has 5 atom stereocenters. The fraction of sp³-hybridized carbons (Fsp3) is 0.348. The van der Waals surface area contributed by atoms with Crippen LogP contribution in [0.5, 0.6) is 17.2 Å². The van der Waals surface area contributed by atoms with Gasteiger partial charge in [-0.05, 0) is 17.7 Å². The first-order chi connectivity index (χ1) is 16.2. The molecule has 11 nitrogen and oxygen atoms in total. The first-order valence-corrected chi connectivity index (χ1v) is 10.4. The van der Waals surface area contributed by atoms with Crippen molar-refractivity contribution in [2.24, 2.45) is 0 Å². The Kier molecular flexibility index (Phi) is 6.75. The monoisotopic (exact) mass is 476 g/mol. The summed E-state index contributed by atoms with van der Waals surface area (Å²) < 4.78 is 16.1. The van der Waals surface area contributed by atoms with Gasteiger partial charge in [0.25, 0.3) is 0 Å². The molecule has 182 valence electrons. The third-order valence-corrected chi connectivity index (χ3v) is 5.78. The highest BCUT2D eigenvalue weighted by Gasteiger charge is 2.44. The van der Waals surface area contributed by atoms with Gasteiger partial charge in [0.05, 0.1) is 18.8 Å². The van der Waals surface area contributed by atoms with E-state index in [0.29, 0.717) is 5.56 Å². The minimum atomic E-state index is -1.61. The summed E-state index contributed by atoms with van der Waals surface area (Å²) in [5, 5.41) is 69.4.